The maximum Gasteiger partial charge on any atom is 0.0351 e. The summed E-state index contributed by atoms with van der Waals surface area (Å²) in [7, 11) is 0. The summed E-state index contributed by atoms with van der Waals surface area (Å²) in [5.74, 6) is 0. The number of likely N-dealkylation sites (tertiary alicyclic amines) is 1. The molecule has 1 saturated heterocycles. The van der Waals surface area contributed by atoms with Gasteiger partial charge in [0.25, 0.3) is 0 Å². The molecule has 0 amide bonds. The Kier molecular flexibility index (Phi) is 3.11. The highest BCUT2D eigenvalue weighted by Crippen LogP contribution is 2.33. The summed E-state index contributed by atoms with van der Waals surface area (Å²) in [6.07, 6.45) is 2.67. The van der Waals surface area contributed by atoms with Crippen LogP contribution in [-0.2, 0) is 0 Å². The van der Waals surface area contributed by atoms with Gasteiger partial charge in [-0.25, -0.2) is 0 Å². The van der Waals surface area contributed by atoms with Gasteiger partial charge in [-0.1, -0.05) is 29.8 Å². The zero-order valence-electron chi connectivity index (χ0n) is 10.0. The summed E-state index contributed by atoms with van der Waals surface area (Å²) < 4.78 is 0. The van der Waals surface area contributed by atoms with Gasteiger partial charge in [0.05, 0.1) is 0 Å². The SMILES string of the molecule is Cc1cccc([C@@H]2CCCN2C(C)C)c1. The van der Waals surface area contributed by atoms with Crippen LogP contribution < -0.4 is 0 Å². The molecule has 0 bridgehead atoms. The van der Waals surface area contributed by atoms with Gasteiger partial charge in [-0.3, -0.25) is 4.90 Å². The van der Waals surface area contributed by atoms with Crippen LogP contribution in [-0.4, -0.2) is 17.5 Å². The molecule has 0 spiro atoms. The minimum Gasteiger partial charge on any atom is -0.294 e. The summed E-state index contributed by atoms with van der Waals surface area (Å²) in [5, 5.41) is 0. The van der Waals surface area contributed by atoms with Gasteiger partial charge in [0.1, 0.15) is 0 Å². The van der Waals surface area contributed by atoms with E-state index >= 15 is 0 Å². The molecule has 1 atom stereocenters. The minimum absolute atomic E-state index is 0.657. The number of hydrogen-bond acceptors (Lipinski definition) is 1. The predicted octanol–water partition coefficient (Wildman–Crippen LogP) is 3.54. The highest BCUT2D eigenvalue weighted by Gasteiger charge is 2.27. The fourth-order valence-corrected chi connectivity index (χ4v) is 2.64. The van der Waals surface area contributed by atoms with Gasteiger partial charge >= 0.3 is 0 Å². The quantitative estimate of drug-likeness (QED) is 0.710. The molecule has 0 saturated carbocycles. The van der Waals surface area contributed by atoms with E-state index in [-0.39, 0.29) is 0 Å². The van der Waals surface area contributed by atoms with Gasteiger partial charge in [0.15, 0.2) is 0 Å². The van der Waals surface area contributed by atoms with Crippen molar-refractivity contribution in [2.45, 2.75) is 45.7 Å². The molecule has 1 heteroatoms. The van der Waals surface area contributed by atoms with Crippen molar-refractivity contribution in [3.8, 4) is 0 Å². The van der Waals surface area contributed by atoms with Crippen LogP contribution in [0.5, 0.6) is 0 Å². The van der Waals surface area contributed by atoms with Crippen molar-refractivity contribution < 1.29 is 0 Å². The fourth-order valence-electron chi connectivity index (χ4n) is 2.64. The number of nitrogens with zero attached hydrogens (tertiary/aromatic N) is 1. The average Bonchev–Trinajstić information content (AvgIpc) is 2.65. The third-order valence-corrected chi connectivity index (χ3v) is 3.38. The molecule has 1 aliphatic heterocycles. The third kappa shape index (κ3) is 2.23. The number of hydrogen-bond donors (Lipinski definition) is 0. The lowest BCUT2D eigenvalue weighted by Gasteiger charge is -2.28. The molecule has 2 rings (SSSR count). The average molecular weight is 203 g/mol. The van der Waals surface area contributed by atoms with Gasteiger partial charge in [0.2, 0.25) is 0 Å². The van der Waals surface area contributed by atoms with Gasteiger partial charge < -0.3 is 0 Å². The number of rotatable bonds is 2. The van der Waals surface area contributed by atoms with Crippen molar-refractivity contribution in [3.63, 3.8) is 0 Å². The molecular formula is C14H21N. The zero-order chi connectivity index (χ0) is 10.8. The second-order valence-electron chi connectivity index (χ2n) is 4.90. The van der Waals surface area contributed by atoms with Gasteiger partial charge in [-0.15, -0.1) is 0 Å². The summed E-state index contributed by atoms with van der Waals surface area (Å²) in [6.45, 7) is 8.04. The largest absolute Gasteiger partial charge is 0.294 e. The lowest BCUT2D eigenvalue weighted by atomic mass is 10.0. The highest BCUT2D eigenvalue weighted by molar-refractivity contribution is 5.25. The molecule has 1 aliphatic rings. The molecule has 0 unspecified atom stereocenters. The number of benzene rings is 1. The molecule has 82 valence electrons. The van der Waals surface area contributed by atoms with Crippen LogP contribution in [0, 0.1) is 6.92 Å². The Bertz CT molecular complexity index is 330. The van der Waals surface area contributed by atoms with Crippen LogP contribution in [0.3, 0.4) is 0 Å². The molecule has 1 fully saturated rings. The molecule has 0 N–H and O–H groups in total. The number of aryl methyl sites for hydroxylation is 1. The minimum atomic E-state index is 0.657. The Morgan fingerprint density at radius 1 is 1.33 bits per heavy atom. The van der Waals surface area contributed by atoms with Crippen LogP contribution in [0.15, 0.2) is 24.3 Å². The first-order valence-electron chi connectivity index (χ1n) is 6.01. The summed E-state index contributed by atoms with van der Waals surface area (Å²) in [4.78, 5) is 2.62. The van der Waals surface area contributed by atoms with Crippen LogP contribution in [0.2, 0.25) is 0 Å². The summed E-state index contributed by atoms with van der Waals surface area (Å²) in [5.41, 5.74) is 2.88. The first-order chi connectivity index (χ1) is 7.18. The van der Waals surface area contributed by atoms with E-state index in [0.29, 0.717) is 12.1 Å². The van der Waals surface area contributed by atoms with Crippen molar-refractivity contribution >= 4 is 0 Å². The van der Waals surface area contributed by atoms with Crippen LogP contribution in [0.4, 0.5) is 0 Å². The Balaban J connectivity index is 2.22. The monoisotopic (exact) mass is 203 g/mol. The van der Waals surface area contributed by atoms with E-state index in [1.165, 1.54) is 30.5 Å². The van der Waals surface area contributed by atoms with E-state index < -0.39 is 0 Å². The Morgan fingerprint density at radius 2 is 2.13 bits per heavy atom. The van der Waals surface area contributed by atoms with Crippen molar-refractivity contribution in [2.24, 2.45) is 0 Å². The van der Waals surface area contributed by atoms with Gasteiger partial charge in [-0.2, -0.15) is 0 Å². The van der Waals surface area contributed by atoms with E-state index in [1.807, 2.05) is 0 Å². The van der Waals surface area contributed by atoms with E-state index in [2.05, 4.69) is 49.9 Å². The third-order valence-electron chi connectivity index (χ3n) is 3.38. The van der Waals surface area contributed by atoms with E-state index in [9.17, 15) is 0 Å². The molecule has 15 heavy (non-hydrogen) atoms. The smallest absolute Gasteiger partial charge is 0.0351 e. The lowest BCUT2D eigenvalue weighted by Crippen LogP contribution is -2.30. The first kappa shape index (κ1) is 10.7. The van der Waals surface area contributed by atoms with Crippen LogP contribution >= 0.6 is 0 Å². The maximum atomic E-state index is 2.62. The Morgan fingerprint density at radius 3 is 2.80 bits per heavy atom. The van der Waals surface area contributed by atoms with E-state index in [0.717, 1.165) is 0 Å². The molecule has 1 nitrogen and oxygen atoms in total. The molecular weight excluding hydrogens is 182 g/mol. The molecule has 0 aliphatic carbocycles. The van der Waals surface area contributed by atoms with E-state index in [4.69, 9.17) is 0 Å². The standard InChI is InChI=1S/C14H21N/c1-11(2)15-9-5-8-14(15)13-7-4-6-12(3)10-13/h4,6-7,10-11,14H,5,8-9H2,1-3H3/t14-/m0/s1. The fraction of sp³-hybridized carbons (Fsp3) is 0.571. The first-order valence-corrected chi connectivity index (χ1v) is 6.01. The lowest BCUT2D eigenvalue weighted by molar-refractivity contribution is 0.205. The van der Waals surface area contributed by atoms with Crippen LogP contribution in [0.25, 0.3) is 0 Å². The molecule has 1 aromatic carbocycles. The van der Waals surface area contributed by atoms with Crippen molar-refractivity contribution in [3.05, 3.63) is 35.4 Å². The Hall–Kier alpha value is -0.820. The molecule has 1 aromatic rings. The van der Waals surface area contributed by atoms with Crippen molar-refractivity contribution in [2.75, 3.05) is 6.54 Å². The molecule has 0 aromatic heterocycles. The Labute approximate surface area is 93.1 Å². The molecule has 1 heterocycles. The van der Waals surface area contributed by atoms with Crippen LogP contribution in [0.1, 0.15) is 43.9 Å². The summed E-state index contributed by atoms with van der Waals surface area (Å²) >= 11 is 0. The van der Waals surface area contributed by atoms with E-state index in [1.54, 1.807) is 0 Å². The van der Waals surface area contributed by atoms with Crippen molar-refractivity contribution in [1.29, 1.82) is 0 Å². The normalized spacial score (nSPS) is 22.5. The highest BCUT2D eigenvalue weighted by atomic mass is 15.2. The summed E-state index contributed by atoms with van der Waals surface area (Å²) in [6, 6.07) is 10.3. The second-order valence-corrected chi connectivity index (χ2v) is 4.90. The molecule has 0 radical (unpaired) electrons. The maximum absolute atomic E-state index is 2.62. The van der Waals surface area contributed by atoms with Crippen molar-refractivity contribution in [1.82, 2.24) is 4.90 Å². The topological polar surface area (TPSA) is 3.24 Å². The second kappa shape index (κ2) is 4.36. The van der Waals surface area contributed by atoms with Gasteiger partial charge in [0, 0.05) is 12.1 Å². The van der Waals surface area contributed by atoms with Gasteiger partial charge in [-0.05, 0) is 45.7 Å². The predicted molar refractivity (Wildman–Crippen MR) is 65.0 cm³/mol. The zero-order valence-corrected chi connectivity index (χ0v) is 10.0.